The summed E-state index contributed by atoms with van der Waals surface area (Å²) in [7, 11) is 0. The number of alkyl halides is 2. The van der Waals surface area contributed by atoms with Crippen LogP contribution in [0.1, 0.15) is 30.4 Å². The normalized spacial score (nSPS) is 11.4. The number of aromatic nitrogens is 2. The minimum Gasteiger partial charge on any atom is -0.460 e. The Labute approximate surface area is 78.0 Å². The van der Waals surface area contributed by atoms with Crippen LogP contribution in [-0.2, 0) is 10.7 Å². The summed E-state index contributed by atoms with van der Waals surface area (Å²) in [5.41, 5.74) is 0. The van der Waals surface area contributed by atoms with Gasteiger partial charge in [0.1, 0.15) is 0 Å². The molecule has 1 heterocycles. The third-order valence-electron chi connectivity index (χ3n) is 1.26. The van der Waals surface area contributed by atoms with Crippen molar-refractivity contribution >= 4 is 5.97 Å². The SMILES string of the molecule is CCOC(=O)c1noc(C(C)(F)F)n1. The molecule has 14 heavy (non-hydrogen) atoms. The highest BCUT2D eigenvalue weighted by Crippen LogP contribution is 2.24. The van der Waals surface area contributed by atoms with E-state index in [2.05, 4.69) is 19.4 Å². The van der Waals surface area contributed by atoms with Crippen molar-refractivity contribution in [2.45, 2.75) is 19.8 Å². The molecule has 0 saturated heterocycles. The van der Waals surface area contributed by atoms with E-state index in [4.69, 9.17) is 0 Å². The Hall–Kier alpha value is -1.53. The van der Waals surface area contributed by atoms with Crippen molar-refractivity contribution in [3.63, 3.8) is 0 Å². The van der Waals surface area contributed by atoms with Crippen LogP contribution >= 0.6 is 0 Å². The van der Waals surface area contributed by atoms with Crippen LogP contribution in [0.3, 0.4) is 0 Å². The molecule has 0 aliphatic carbocycles. The Kier molecular flexibility index (Phi) is 2.78. The predicted octanol–water partition coefficient (Wildman–Crippen LogP) is 1.36. The van der Waals surface area contributed by atoms with Crippen molar-refractivity contribution in [2.75, 3.05) is 6.61 Å². The first-order chi connectivity index (χ1) is 6.45. The maximum Gasteiger partial charge on any atom is 0.379 e. The molecule has 0 fully saturated rings. The van der Waals surface area contributed by atoms with Gasteiger partial charge in [0.05, 0.1) is 6.61 Å². The van der Waals surface area contributed by atoms with Gasteiger partial charge in [0.2, 0.25) is 0 Å². The molecule has 1 aromatic rings. The van der Waals surface area contributed by atoms with E-state index in [-0.39, 0.29) is 6.61 Å². The second kappa shape index (κ2) is 3.69. The minimum absolute atomic E-state index is 0.116. The standard InChI is InChI=1S/C7H8F2N2O3/c1-3-13-5(12)4-10-6(14-11-4)7(2,8)9/h3H2,1-2H3. The van der Waals surface area contributed by atoms with E-state index in [9.17, 15) is 13.6 Å². The molecule has 0 bridgehead atoms. The van der Waals surface area contributed by atoms with Gasteiger partial charge >= 0.3 is 11.9 Å². The fraction of sp³-hybridized carbons (Fsp3) is 0.571. The second-order valence-corrected chi connectivity index (χ2v) is 2.53. The third kappa shape index (κ3) is 2.24. The minimum atomic E-state index is -3.25. The molecule has 0 spiro atoms. The van der Waals surface area contributed by atoms with Crippen LogP contribution in [0.4, 0.5) is 8.78 Å². The third-order valence-corrected chi connectivity index (χ3v) is 1.26. The number of hydrogen-bond donors (Lipinski definition) is 0. The summed E-state index contributed by atoms with van der Waals surface area (Å²) >= 11 is 0. The van der Waals surface area contributed by atoms with Gasteiger partial charge in [-0.2, -0.15) is 13.8 Å². The smallest absolute Gasteiger partial charge is 0.379 e. The number of carbonyl (C=O) groups is 1. The van der Waals surface area contributed by atoms with E-state index < -0.39 is 23.6 Å². The highest BCUT2D eigenvalue weighted by molar-refractivity contribution is 5.84. The fourth-order valence-electron chi connectivity index (χ4n) is 0.680. The maximum atomic E-state index is 12.6. The summed E-state index contributed by atoms with van der Waals surface area (Å²) in [6.45, 7) is 2.29. The molecule has 5 nitrogen and oxygen atoms in total. The number of ether oxygens (including phenoxy) is 1. The van der Waals surface area contributed by atoms with Gasteiger partial charge in [-0.05, 0) is 12.1 Å². The molecule has 0 N–H and O–H groups in total. The fourth-order valence-corrected chi connectivity index (χ4v) is 0.680. The van der Waals surface area contributed by atoms with Gasteiger partial charge in [-0.25, -0.2) is 4.79 Å². The summed E-state index contributed by atoms with van der Waals surface area (Å²) in [6.07, 6.45) is 0. The average Bonchev–Trinajstić information content (AvgIpc) is 2.51. The number of esters is 1. The quantitative estimate of drug-likeness (QED) is 0.698. The molecule has 0 amide bonds. The lowest BCUT2D eigenvalue weighted by Gasteiger charge is -2.00. The zero-order valence-corrected chi connectivity index (χ0v) is 7.58. The number of halogens is 2. The number of rotatable bonds is 3. The Bertz CT molecular complexity index is 332. The molecule has 0 atom stereocenters. The molecular formula is C7H8F2N2O3. The largest absolute Gasteiger partial charge is 0.460 e. The molecule has 0 radical (unpaired) electrons. The van der Waals surface area contributed by atoms with Gasteiger partial charge in [0, 0.05) is 6.92 Å². The summed E-state index contributed by atoms with van der Waals surface area (Å²) in [6, 6.07) is 0. The van der Waals surface area contributed by atoms with Gasteiger partial charge in [-0.1, -0.05) is 0 Å². The van der Waals surface area contributed by atoms with Crippen molar-refractivity contribution in [1.82, 2.24) is 10.1 Å². The topological polar surface area (TPSA) is 65.2 Å². The first-order valence-electron chi connectivity index (χ1n) is 3.84. The molecule has 0 aliphatic heterocycles. The second-order valence-electron chi connectivity index (χ2n) is 2.53. The summed E-state index contributed by atoms with van der Waals surface area (Å²) in [5, 5.41) is 3.06. The Morgan fingerprint density at radius 2 is 2.29 bits per heavy atom. The zero-order chi connectivity index (χ0) is 10.8. The highest BCUT2D eigenvalue weighted by Gasteiger charge is 2.33. The zero-order valence-electron chi connectivity index (χ0n) is 7.58. The van der Waals surface area contributed by atoms with Gasteiger partial charge in [-0.3, -0.25) is 0 Å². The van der Waals surface area contributed by atoms with E-state index in [0.717, 1.165) is 0 Å². The highest BCUT2D eigenvalue weighted by atomic mass is 19.3. The summed E-state index contributed by atoms with van der Waals surface area (Å²) in [4.78, 5) is 14.1. The number of carbonyl (C=O) groups excluding carboxylic acids is 1. The average molecular weight is 206 g/mol. The molecule has 0 unspecified atom stereocenters. The van der Waals surface area contributed by atoms with E-state index in [1.165, 1.54) is 0 Å². The molecule has 1 aromatic heterocycles. The van der Waals surface area contributed by atoms with Crippen LogP contribution in [0.15, 0.2) is 4.52 Å². The van der Waals surface area contributed by atoms with Crippen molar-refractivity contribution < 1.29 is 22.8 Å². The Balaban J connectivity index is 2.83. The van der Waals surface area contributed by atoms with Crippen LogP contribution in [0.2, 0.25) is 0 Å². The van der Waals surface area contributed by atoms with Crippen LogP contribution in [-0.4, -0.2) is 22.7 Å². The lowest BCUT2D eigenvalue weighted by molar-refractivity contribution is -0.0158. The van der Waals surface area contributed by atoms with E-state index >= 15 is 0 Å². The Morgan fingerprint density at radius 1 is 1.64 bits per heavy atom. The van der Waals surface area contributed by atoms with Crippen LogP contribution in [0.5, 0.6) is 0 Å². The van der Waals surface area contributed by atoms with Gasteiger partial charge in [0.25, 0.3) is 11.7 Å². The van der Waals surface area contributed by atoms with Crippen molar-refractivity contribution in [2.24, 2.45) is 0 Å². The molecule has 1 rings (SSSR count). The van der Waals surface area contributed by atoms with Crippen molar-refractivity contribution in [3.05, 3.63) is 11.7 Å². The first-order valence-corrected chi connectivity index (χ1v) is 3.84. The van der Waals surface area contributed by atoms with Crippen molar-refractivity contribution in [1.29, 1.82) is 0 Å². The van der Waals surface area contributed by atoms with Crippen LogP contribution in [0.25, 0.3) is 0 Å². The van der Waals surface area contributed by atoms with Gasteiger partial charge in [-0.15, -0.1) is 0 Å². The monoisotopic (exact) mass is 206 g/mol. The van der Waals surface area contributed by atoms with Crippen molar-refractivity contribution in [3.8, 4) is 0 Å². The van der Waals surface area contributed by atoms with E-state index in [1.807, 2.05) is 0 Å². The summed E-state index contributed by atoms with van der Waals surface area (Å²) in [5.74, 6) is -5.53. The van der Waals surface area contributed by atoms with E-state index in [0.29, 0.717) is 6.92 Å². The lowest BCUT2D eigenvalue weighted by atomic mass is 10.4. The lowest BCUT2D eigenvalue weighted by Crippen LogP contribution is -2.10. The number of hydrogen-bond acceptors (Lipinski definition) is 5. The first kappa shape index (κ1) is 10.6. The van der Waals surface area contributed by atoms with Gasteiger partial charge < -0.3 is 9.26 Å². The molecule has 0 aromatic carbocycles. The molecule has 0 aliphatic rings. The molecule has 78 valence electrons. The summed E-state index contributed by atoms with van der Waals surface area (Å²) < 4.78 is 33.8. The number of nitrogens with zero attached hydrogens (tertiary/aromatic N) is 2. The Morgan fingerprint density at radius 3 is 2.71 bits per heavy atom. The predicted molar refractivity (Wildman–Crippen MR) is 39.8 cm³/mol. The van der Waals surface area contributed by atoms with Crippen LogP contribution < -0.4 is 0 Å². The molecule has 0 saturated carbocycles. The van der Waals surface area contributed by atoms with Crippen LogP contribution in [0, 0.1) is 0 Å². The maximum absolute atomic E-state index is 12.6. The van der Waals surface area contributed by atoms with Gasteiger partial charge in [0.15, 0.2) is 0 Å². The molecule has 7 heteroatoms. The molecular weight excluding hydrogens is 198 g/mol. The van der Waals surface area contributed by atoms with E-state index in [1.54, 1.807) is 6.92 Å².